The lowest BCUT2D eigenvalue weighted by molar-refractivity contribution is 0.224. The van der Waals surface area contributed by atoms with E-state index in [1.165, 1.54) is 16.7 Å². The average molecular weight is 255 g/mol. The van der Waals surface area contributed by atoms with Gasteiger partial charge in [0, 0.05) is 6.20 Å². The molecule has 1 atom stereocenters. The number of aliphatic hydroxyl groups is 1. The third-order valence-corrected chi connectivity index (χ3v) is 3.96. The number of benzene rings is 2. The minimum atomic E-state index is -0.583. The summed E-state index contributed by atoms with van der Waals surface area (Å²) < 4.78 is 0. The van der Waals surface area contributed by atoms with Crippen LogP contribution in [0.5, 0.6) is 0 Å². The first-order chi connectivity index (χ1) is 8.74. The maximum absolute atomic E-state index is 10.3. The summed E-state index contributed by atoms with van der Waals surface area (Å²) >= 11 is 1.53. The van der Waals surface area contributed by atoms with E-state index in [4.69, 9.17) is 0 Å². The van der Waals surface area contributed by atoms with Crippen LogP contribution in [0, 0.1) is 6.92 Å². The minimum Gasteiger partial charge on any atom is -0.383 e. The summed E-state index contributed by atoms with van der Waals surface area (Å²) in [6, 6.07) is 14.2. The maximum atomic E-state index is 10.3. The van der Waals surface area contributed by atoms with Crippen LogP contribution in [-0.4, -0.2) is 10.1 Å². The van der Waals surface area contributed by atoms with Gasteiger partial charge in [0.05, 0.1) is 9.88 Å². The summed E-state index contributed by atoms with van der Waals surface area (Å²) in [5, 5.41) is 13.6. The molecule has 0 fully saturated rings. The zero-order valence-electron chi connectivity index (χ0n) is 10.00. The number of hydrogen-bond donors (Lipinski definition) is 1. The van der Waals surface area contributed by atoms with Crippen LogP contribution in [0.2, 0.25) is 0 Å². The molecular weight excluding hydrogens is 242 g/mol. The van der Waals surface area contributed by atoms with Gasteiger partial charge >= 0.3 is 0 Å². The standard InChI is InChI=1S/C15H13NOS/c1-10-16-9-14(18-10)15(17)13-7-6-11-4-2-3-5-12(11)8-13/h2-9,15,17H,1H3. The normalized spacial score (nSPS) is 12.8. The molecule has 0 saturated heterocycles. The average Bonchev–Trinajstić information content (AvgIpc) is 2.84. The molecule has 0 aliphatic rings. The number of nitrogens with zero attached hydrogens (tertiary/aromatic N) is 1. The van der Waals surface area contributed by atoms with Gasteiger partial charge in [0.2, 0.25) is 0 Å². The Morgan fingerprint density at radius 3 is 2.61 bits per heavy atom. The smallest absolute Gasteiger partial charge is 0.115 e. The highest BCUT2D eigenvalue weighted by atomic mass is 32.1. The number of fused-ring (bicyclic) bond motifs is 1. The number of aliphatic hydroxyl groups excluding tert-OH is 1. The minimum absolute atomic E-state index is 0.583. The number of aromatic nitrogens is 1. The fourth-order valence-electron chi connectivity index (χ4n) is 2.05. The van der Waals surface area contributed by atoms with Gasteiger partial charge in [-0.1, -0.05) is 36.4 Å². The van der Waals surface area contributed by atoms with Gasteiger partial charge in [-0.05, 0) is 29.3 Å². The molecule has 1 N–H and O–H groups in total. The highest BCUT2D eigenvalue weighted by Crippen LogP contribution is 2.28. The largest absolute Gasteiger partial charge is 0.383 e. The van der Waals surface area contributed by atoms with E-state index < -0.39 is 6.10 Å². The van der Waals surface area contributed by atoms with Crippen molar-refractivity contribution in [2.24, 2.45) is 0 Å². The van der Waals surface area contributed by atoms with Crippen LogP contribution < -0.4 is 0 Å². The van der Waals surface area contributed by atoms with Crippen LogP contribution in [-0.2, 0) is 0 Å². The van der Waals surface area contributed by atoms with E-state index in [0.717, 1.165) is 20.8 Å². The van der Waals surface area contributed by atoms with E-state index in [9.17, 15) is 5.11 Å². The molecule has 3 rings (SSSR count). The molecule has 0 radical (unpaired) electrons. The highest BCUT2D eigenvalue weighted by molar-refractivity contribution is 7.11. The zero-order chi connectivity index (χ0) is 12.5. The van der Waals surface area contributed by atoms with Crippen molar-refractivity contribution in [2.75, 3.05) is 0 Å². The second kappa shape index (κ2) is 4.52. The summed E-state index contributed by atoms with van der Waals surface area (Å²) in [7, 11) is 0. The summed E-state index contributed by atoms with van der Waals surface area (Å²) in [4.78, 5) is 5.08. The van der Waals surface area contributed by atoms with Gasteiger partial charge in [-0.3, -0.25) is 0 Å². The van der Waals surface area contributed by atoms with Crippen molar-refractivity contribution in [3.8, 4) is 0 Å². The molecule has 2 nitrogen and oxygen atoms in total. The van der Waals surface area contributed by atoms with Crippen LogP contribution >= 0.6 is 11.3 Å². The molecule has 0 spiro atoms. The molecule has 1 aromatic heterocycles. The van der Waals surface area contributed by atoms with Crippen molar-refractivity contribution >= 4 is 22.1 Å². The molecule has 0 amide bonds. The first kappa shape index (κ1) is 11.4. The first-order valence-electron chi connectivity index (χ1n) is 5.83. The van der Waals surface area contributed by atoms with E-state index in [0.29, 0.717) is 0 Å². The van der Waals surface area contributed by atoms with Crippen molar-refractivity contribution in [3.63, 3.8) is 0 Å². The van der Waals surface area contributed by atoms with Crippen molar-refractivity contribution in [3.05, 3.63) is 64.1 Å². The van der Waals surface area contributed by atoms with Crippen molar-refractivity contribution in [1.82, 2.24) is 4.98 Å². The highest BCUT2D eigenvalue weighted by Gasteiger charge is 2.13. The number of hydrogen-bond acceptors (Lipinski definition) is 3. The van der Waals surface area contributed by atoms with Gasteiger partial charge in [0.25, 0.3) is 0 Å². The number of thiazole rings is 1. The van der Waals surface area contributed by atoms with Gasteiger partial charge in [0.15, 0.2) is 0 Å². The van der Waals surface area contributed by atoms with Crippen molar-refractivity contribution in [2.45, 2.75) is 13.0 Å². The van der Waals surface area contributed by atoms with Crippen LogP contribution in [0.3, 0.4) is 0 Å². The van der Waals surface area contributed by atoms with Crippen LogP contribution in [0.1, 0.15) is 21.6 Å². The predicted molar refractivity (Wildman–Crippen MR) is 74.9 cm³/mol. The second-order valence-electron chi connectivity index (χ2n) is 4.29. The Labute approximate surface area is 110 Å². The Balaban J connectivity index is 2.03. The third kappa shape index (κ3) is 2.03. The van der Waals surface area contributed by atoms with E-state index in [1.54, 1.807) is 6.20 Å². The van der Waals surface area contributed by atoms with Gasteiger partial charge in [-0.25, -0.2) is 4.98 Å². The summed E-state index contributed by atoms with van der Waals surface area (Å²) in [5.74, 6) is 0. The lowest BCUT2D eigenvalue weighted by Gasteiger charge is -2.09. The van der Waals surface area contributed by atoms with E-state index in [2.05, 4.69) is 17.1 Å². The Hall–Kier alpha value is -1.71. The molecule has 90 valence electrons. The third-order valence-electron chi connectivity index (χ3n) is 3.00. The zero-order valence-corrected chi connectivity index (χ0v) is 10.8. The molecule has 0 aliphatic heterocycles. The van der Waals surface area contributed by atoms with Crippen molar-refractivity contribution < 1.29 is 5.11 Å². The topological polar surface area (TPSA) is 33.1 Å². The van der Waals surface area contributed by atoms with E-state index in [-0.39, 0.29) is 0 Å². The predicted octanol–water partition coefficient (Wildman–Crippen LogP) is 3.69. The quantitative estimate of drug-likeness (QED) is 0.757. The maximum Gasteiger partial charge on any atom is 0.115 e. The molecule has 1 heterocycles. The monoisotopic (exact) mass is 255 g/mol. The van der Waals surface area contributed by atoms with Gasteiger partial charge in [-0.2, -0.15) is 0 Å². The molecule has 3 heteroatoms. The summed E-state index contributed by atoms with van der Waals surface area (Å²) in [6.07, 6.45) is 1.17. The van der Waals surface area contributed by atoms with Crippen LogP contribution in [0.4, 0.5) is 0 Å². The molecule has 2 aromatic carbocycles. The fourth-order valence-corrected chi connectivity index (χ4v) is 2.85. The number of aryl methyl sites for hydroxylation is 1. The molecule has 1 unspecified atom stereocenters. The van der Waals surface area contributed by atoms with Gasteiger partial charge in [-0.15, -0.1) is 11.3 Å². The molecule has 0 bridgehead atoms. The van der Waals surface area contributed by atoms with E-state index in [1.807, 2.05) is 37.3 Å². The Morgan fingerprint density at radius 2 is 1.89 bits per heavy atom. The Kier molecular flexibility index (Phi) is 2.86. The van der Waals surface area contributed by atoms with Gasteiger partial charge < -0.3 is 5.11 Å². The van der Waals surface area contributed by atoms with Crippen molar-refractivity contribution in [1.29, 1.82) is 0 Å². The number of rotatable bonds is 2. The second-order valence-corrected chi connectivity index (χ2v) is 5.56. The SMILES string of the molecule is Cc1ncc(C(O)c2ccc3ccccc3c2)s1. The van der Waals surface area contributed by atoms with E-state index >= 15 is 0 Å². The molecular formula is C15H13NOS. The molecule has 18 heavy (non-hydrogen) atoms. The van der Waals surface area contributed by atoms with Crippen LogP contribution in [0.15, 0.2) is 48.7 Å². The Bertz CT molecular complexity index is 690. The lowest BCUT2D eigenvalue weighted by Crippen LogP contribution is -1.96. The lowest BCUT2D eigenvalue weighted by atomic mass is 10.0. The first-order valence-corrected chi connectivity index (χ1v) is 6.65. The summed E-state index contributed by atoms with van der Waals surface area (Å²) in [5.41, 5.74) is 0.914. The summed E-state index contributed by atoms with van der Waals surface area (Å²) in [6.45, 7) is 1.95. The molecule has 3 aromatic rings. The van der Waals surface area contributed by atoms with Gasteiger partial charge in [0.1, 0.15) is 6.10 Å². The molecule has 0 aliphatic carbocycles. The fraction of sp³-hybridized carbons (Fsp3) is 0.133. The van der Waals surface area contributed by atoms with Crippen LogP contribution in [0.25, 0.3) is 10.8 Å². The molecule has 0 saturated carbocycles. The Morgan fingerprint density at radius 1 is 1.11 bits per heavy atom.